The van der Waals surface area contributed by atoms with Gasteiger partial charge in [-0.05, 0) is 13.3 Å². The lowest BCUT2D eigenvalue weighted by Gasteiger charge is -2.09. The van der Waals surface area contributed by atoms with E-state index in [0.717, 1.165) is 11.7 Å². The summed E-state index contributed by atoms with van der Waals surface area (Å²) in [5.74, 6) is 0. The SMILES string of the molecule is CCC(C)NCc1cnc(N(C)C)s1. The van der Waals surface area contributed by atoms with Crippen molar-refractivity contribution in [3.8, 4) is 0 Å². The number of hydrogen-bond acceptors (Lipinski definition) is 4. The fraction of sp³-hybridized carbons (Fsp3) is 0.700. The topological polar surface area (TPSA) is 28.2 Å². The Kier molecular flexibility index (Phi) is 4.35. The predicted octanol–water partition coefficient (Wildman–Crippen LogP) is 2.10. The van der Waals surface area contributed by atoms with Crippen LogP contribution in [0, 0.1) is 0 Å². The summed E-state index contributed by atoms with van der Waals surface area (Å²) in [5.41, 5.74) is 0. The fourth-order valence-corrected chi connectivity index (χ4v) is 1.79. The molecule has 1 unspecified atom stereocenters. The Morgan fingerprint density at radius 3 is 2.79 bits per heavy atom. The van der Waals surface area contributed by atoms with Crippen LogP contribution in [0.4, 0.5) is 5.13 Å². The second kappa shape index (κ2) is 5.32. The lowest BCUT2D eigenvalue weighted by molar-refractivity contribution is 0.537. The second-order valence-corrected chi connectivity index (χ2v) is 4.79. The quantitative estimate of drug-likeness (QED) is 0.812. The molecule has 0 aliphatic carbocycles. The van der Waals surface area contributed by atoms with Gasteiger partial charge in [-0.3, -0.25) is 0 Å². The lowest BCUT2D eigenvalue weighted by atomic mass is 10.2. The van der Waals surface area contributed by atoms with E-state index in [2.05, 4.69) is 24.1 Å². The van der Waals surface area contributed by atoms with E-state index in [9.17, 15) is 0 Å². The number of rotatable bonds is 5. The van der Waals surface area contributed by atoms with Gasteiger partial charge in [0.25, 0.3) is 0 Å². The van der Waals surface area contributed by atoms with Gasteiger partial charge in [0.05, 0.1) is 0 Å². The molecule has 1 rings (SSSR count). The Bertz CT molecular complexity index is 270. The molecule has 0 saturated carbocycles. The van der Waals surface area contributed by atoms with E-state index >= 15 is 0 Å². The summed E-state index contributed by atoms with van der Waals surface area (Å²) < 4.78 is 0. The van der Waals surface area contributed by atoms with Gasteiger partial charge in [-0.25, -0.2) is 4.98 Å². The zero-order chi connectivity index (χ0) is 10.6. The summed E-state index contributed by atoms with van der Waals surface area (Å²) in [6.07, 6.45) is 3.12. The summed E-state index contributed by atoms with van der Waals surface area (Å²) in [5, 5.41) is 4.53. The molecule has 0 aliphatic heterocycles. The number of anilines is 1. The molecule has 1 N–H and O–H groups in total. The Morgan fingerprint density at radius 1 is 1.57 bits per heavy atom. The van der Waals surface area contributed by atoms with E-state index in [1.54, 1.807) is 11.3 Å². The van der Waals surface area contributed by atoms with Crippen LogP contribution in [0.25, 0.3) is 0 Å². The van der Waals surface area contributed by atoms with Gasteiger partial charge in [0.1, 0.15) is 0 Å². The van der Waals surface area contributed by atoms with Crippen molar-refractivity contribution >= 4 is 16.5 Å². The number of thiazole rings is 1. The molecule has 0 spiro atoms. The monoisotopic (exact) mass is 213 g/mol. The average Bonchev–Trinajstić information content (AvgIpc) is 2.62. The maximum atomic E-state index is 4.32. The predicted molar refractivity (Wildman–Crippen MR) is 63.0 cm³/mol. The number of nitrogens with one attached hydrogen (secondary N) is 1. The maximum absolute atomic E-state index is 4.32. The molecule has 80 valence electrons. The zero-order valence-corrected chi connectivity index (χ0v) is 10.2. The van der Waals surface area contributed by atoms with E-state index in [4.69, 9.17) is 0 Å². The molecule has 1 atom stereocenters. The van der Waals surface area contributed by atoms with Gasteiger partial charge >= 0.3 is 0 Å². The smallest absolute Gasteiger partial charge is 0.185 e. The highest BCUT2D eigenvalue weighted by Gasteiger charge is 2.04. The van der Waals surface area contributed by atoms with Crippen LogP contribution in [0.3, 0.4) is 0 Å². The molecule has 0 saturated heterocycles. The normalized spacial score (nSPS) is 12.9. The lowest BCUT2D eigenvalue weighted by Crippen LogP contribution is -2.23. The molecule has 1 aromatic heterocycles. The van der Waals surface area contributed by atoms with Crippen molar-refractivity contribution in [1.29, 1.82) is 0 Å². The first-order valence-electron chi connectivity index (χ1n) is 4.99. The average molecular weight is 213 g/mol. The molecular formula is C10H19N3S. The molecule has 3 nitrogen and oxygen atoms in total. The Hall–Kier alpha value is -0.610. The van der Waals surface area contributed by atoms with Crippen LogP contribution < -0.4 is 10.2 Å². The maximum Gasteiger partial charge on any atom is 0.185 e. The Morgan fingerprint density at radius 2 is 2.29 bits per heavy atom. The standard InChI is InChI=1S/C10H19N3S/c1-5-8(2)11-6-9-7-12-10(14-9)13(3)4/h7-8,11H,5-6H2,1-4H3. The second-order valence-electron chi connectivity index (χ2n) is 3.69. The van der Waals surface area contributed by atoms with Crippen molar-refractivity contribution in [2.75, 3.05) is 19.0 Å². The van der Waals surface area contributed by atoms with E-state index < -0.39 is 0 Å². The van der Waals surface area contributed by atoms with Crippen LogP contribution in [0.2, 0.25) is 0 Å². The van der Waals surface area contributed by atoms with Gasteiger partial charge < -0.3 is 10.2 Å². The highest BCUT2D eigenvalue weighted by molar-refractivity contribution is 7.15. The molecule has 0 aromatic carbocycles. The Labute approximate surface area is 90.2 Å². The molecule has 0 fully saturated rings. The van der Waals surface area contributed by atoms with Gasteiger partial charge in [0, 0.05) is 37.8 Å². The van der Waals surface area contributed by atoms with Crippen LogP contribution >= 0.6 is 11.3 Å². The van der Waals surface area contributed by atoms with Crippen molar-refractivity contribution in [2.45, 2.75) is 32.9 Å². The van der Waals surface area contributed by atoms with Crippen molar-refractivity contribution < 1.29 is 0 Å². The summed E-state index contributed by atoms with van der Waals surface area (Å²) in [7, 11) is 4.04. The van der Waals surface area contributed by atoms with Crippen LogP contribution in [0.15, 0.2) is 6.20 Å². The number of hydrogen-bond donors (Lipinski definition) is 1. The van der Waals surface area contributed by atoms with Gasteiger partial charge in [-0.15, -0.1) is 11.3 Å². The largest absolute Gasteiger partial charge is 0.354 e. The van der Waals surface area contributed by atoms with E-state index in [0.29, 0.717) is 6.04 Å². The number of nitrogens with zero attached hydrogens (tertiary/aromatic N) is 2. The minimum absolute atomic E-state index is 0.583. The highest BCUT2D eigenvalue weighted by Crippen LogP contribution is 2.20. The van der Waals surface area contributed by atoms with Gasteiger partial charge in [0.15, 0.2) is 5.13 Å². The third-order valence-electron chi connectivity index (χ3n) is 2.16. The molecule has 0 radical (unpaired) electrons. The summed E-state index contributed by atoms with van der Waals surface area (Å²) >= 11 is 1.75. The van der Waals surface area contributed by atoms with Gasteiger partial charge in [-0.2, -0.15) is 0 Å². The third kappa shape index (κ3) is 3.27. The molecule has 4 heteroatoms. The highest BCUT2D eigenvalue weighted by atomic mass is 32.1. The van der Waals surface area contributed by atoms with Crippen molar-refractivity contribution in [3.63, 3.8) is 0 Å². The third-order valence-corrected chi connectivity index (χ3v) is 3.33. The molecule has 1 aromatic rings. The summed E-state index contributed by atoms with van der Waals surface area (Å²) in [6.45, 7) is 5.32. The fourth-order valence-electron chi connectivity index (χ4n) is 1.00. The van der Waals surface area contributed by atoms with Gasteiger partial charge in [0.2, 0.25) is 0 Å². The molecule has 1 heterocycles. The summed E-state index contributed by atoms with van der Waals surface area (Å²) in [6, 6.07) is 0.583. The first-order chi connectivity index (χ1) is 6.63. The van der Waals surface area contributed by atoms with E-state index in [-0.39, 0.29) is 0 Å². The minimum Gasteiger partial charge on any atom is -0.354 e. The molecular weight excluding hydrogens is 194 g/mol. The minimum atomic E-state index is 0.583. The molecule has 0 bridgehead atoms. The van der Waals surface area contributed by atoms with Gasteiger partial charge in [-0.1, -0.05) is 6.92 Å². The first kappa shape index (κ1) is 11.5. The molecule has 0 amide bonds. The molecule has 0 aliphatic rings. The van der Waals surface area contributed by atoms with Crippen LogP contribution in [0.5, 0.6) is 0 Å². The first-order valence-corrected chi connectivity index (χ1v) is 5.80. The van der Waals surface area contributed by atoms with Crippen molar-refractivity contribution in [2.24, 2.45) is 0 Å². The number of aromatic nitrogens is 1. The van der Waals surface area contributed by atoms with Crippen molar-refractivity contribution in [3.05, 3.63) is 11.1 Å². The van der Waals surface area contributed by atoms with Crippen LogP contribution in [-0.2, 0) is 6.54 Å². The van der Waals surface area contributed by atoms with Crippen LogP contribution in [0.1, 0.15) is 25.1 Å². The van der Waals surface area contributed by atoms with E-state index in [1.165, 1.54) is 11.3 Å². The molecule has 14 heavy (non-hydrogen) atoms. The Balaban J connectivity index is 2.44. The summed E-state index contributed by atoms with van der Waals surface area (Å²) in [4.78, 5) is 7.66. The van der Waals surface area contributed by atoms with E-state index in [1.807, 2.05) is 25.2 Å². The van der Waals surface area contributed by atoms with Crippen LogP contribution in [-0.4, -0.2) is 25.1 Å². The zero-order valence-electron chi connectivity index (χ0n) is 9.37. The van der Waals surface area contributed by atoms with Crippen molar-refractivity contribution in [1.82, 2.24) is 10.3 Å².